The summed E-state index contributed by atoms with van der Waals surface area (Å²) in [5, 5.41) is 1.06. The van der Waals surface area contributed by atoms with Gasteiger partial charge in [0.25, 0.3) is 0 Å². The molecule has 0 radical (unpaired) electrons. The third kappa shape index (κ3) is 2.43. The van der Waals surface area contributed by atoms with Crippen molar-refractivity contribution in [3.63, 3.8) is 0 Å². The highest BCUT2D eigenvalue weighted by atomic mass is 79.9. The summed E-state index contributed by atoms with van der Waals surface area (Å²) in [6, 6.07) is 9.88. The first-order chi connectivity index (χ1) is 9.69. The Balaban J connectivity index is 2.16. The van der Waals surface area contributed by atoms with Gasteiger partial charge in [0.1, 0.15) is 10.2 Å². The van der Waals surface area contributed by atoms with Gasteiger partial charge in [-0.1, -0.05) is 43.8 Å². The predicted octanol–water partition coefficient (Wildman–Crippen LogP) is 5.27. The number of furan rings is 1. The van der Waals surface area contributed by atoms with Gasteiger partial charge in [0.15, 0.2) is 11.6 Å². The smallest absolute Gasteiger partial charge is 0.175 e. The Bertz CT molecular complexity index is 789. The van der Waals surface area contributed by atoms with E-state index >= 15 is 0 Å². The summed E-state index contributed by atoms with van der Waals surface area (Å²) in [6.45, 7) is 2.13. The average molecular weight is 349 g/mol. The molecule has 5 heteroatoms. The number of rotatable bonds is 3. The largest absolute Gasteiger partial charge is 0.453 e. The van der Waals surface area contributed by atoms with Gasteiger partial charge in [0.2, 0.25) is 0 Å². The van der Waals surface area contributed by atoms with Gasteiger partial charge in [-0.2, -0.15) is 0 Å². The molecule has 0 atom stereocenters. The number of aromatic amines is 1. The van der Waals surface area contributed by atoms with E-state index in [0.717, 1.165) is 34.0 Å². The number of para-hydroxylation sites is 1. The molecule has 0 aliphatic heterocycles. The van der Waals surface area contributed by atoms with Crippen LogP contribution in [-0.4, -0.2) is 9.97 Å². The fourth-order valence-corrected chi connectivity index (χ4v) is 2.74. The molecule has 0 spiro atoms. The number of H-pyrrole nitrogens is 1. The van der Waals surface area contributed by atoms with Crippen LogP contribution in [0.1, 0.15) is 19.0 Å². The van der Waals surface area contributed by atoms with Gasteiger partial charge in [-0.3, -0.25) is 0 Å². The number of aryl methyl sites for hydroxylation is 1. The molecule has 20 heavy (non-hydrogen) atoms. The number of aromatic nitrogens is 2. The van der Waals surface area contributed by atoms with Crippen LogP contribution in [0.5, 0.6) is 0 Å². The van der Waals surface area contributed by atoms with Crippen LogP contribution < -0.4 is 0 Å². The second-order valence-corrected chi connectivity index (χ2v) is 5.76. The van der Waals surface area contributed by atoms with Gasteiger partial charge >= 0.3 is 0 Å². The van der Waals surface area contributed by atoms with Crippen LogP contribution in [-0.2, 0) is 6.42 Å². The zero-order valence-electron chi connectivity index (χ0n) is 10.9. The molecule has 0 aliphatic carbocycles. The molecule has 0 saturated heterocycles. The highest BCUT2D eigenvalue weighted by molar-refractivity contribution is 9.10. The summed E-state index contributed by atoms with van der Waals surface area (Å²) in [5.41, 5.74) is 1.91. The molecule has 1 aromatic carbocycles. The van der Waals surface area contributed by atoms with E-state index in [1.807, 2.05) is 30.3 Å². The lowest BCUT2D eigenvalue weighted by atomic mass is 10.2. The molecule has 2 heterocycles. The maximum atomic E-state index is 5.83. The fraction of sp³-hybridized carbons (Fsp3) is 0.200. The Hall–Kier alpha value is -1.46. The third-order valence-electron chi connectivity index (χ3n) is 3.09. The number of halogens is 1. The Labute approximate surface area is 130 Å². The quantitative estimate of drug-likeness (QED) is 0.655. The minimum atomic E-state index is 0.558. The lowest BCUT2D eigenvalue weighted by molar-refractivity contribution is 0.623. The average Bonchev–Trinajstić information content (AvgIpc) is 2.87. The van der Waals surface area contributed by atoms with Crippen molar-refractivity contribution in [3.05, 3.63) is 45.1 Å². The van der Waals surface area contributed by atoms with Crippen LogP contribution in [0.15, 0.2) is 39.2 Å². The summed E-state index contributed by atoms with van der Waals surface area (Å²) in [5.74, 6) is 1.39. The molecule has 0 saturated carbocycles. The van der Waals surface area contributed by atoms with Crippen molar-refractivity contribution in [2.24, 2.45) is 0 Å². The summed E-state index contributed by atoms with van der Waals surface area (Å²) < 4.78 is 7.25. The third-order valence-corrected chi connectivity index (χ3v) is 4.51. The van der Waals surface area contributed by atoms with Crippen molar-refractivity contribution >= 4 is 39.1 Å². The van der Waals surface area contributed by atoms with Crippen molar-refractivity contribution in [1.82, 2.24) is 9.97 Å². The van der Waals surface area contributed by atoms with E-state index in [1.54, 1.807) is 0 Å². The lowest BCUT2D eigenvalue weighted by Gasteiger charge is -2.05. The molecule has 3 rings (SSSR count). The van der Waals surface area contributed by atoms with Crippen molar-refractivity contribution in [2.75, 3.05) is 0 Å². The number of fused-ring (bicyclic) bond motifs is 1. The monoisotopic (exact) mass is 348 g/mol. The van der Waals surface area contributed by atoms with Crippen LogP contribution in [0, 0.1) is 4.64 Å². The molecule has 1 N–H and O–H groups in total. The van der Waals surface area contributed by atoms with Crippen LogP contribution in [0.25, 0.3) is 22.6 Å². The van der Waals surface area contributed by atoms with Crippen molar-refractivity contribution < 1.29 is 4.42 Å². The Morgan fingerprint density at radius 2 is 2.15 bits per heavy atom. The zero-order chi connectivity index (χ0) is 14.1. The maximum Gasteiger partial charge on any atom is 0.175 e. The van der Waals surface area contributed by atoms with Crippen molar-refractivity contribution in [1.29, 1.82) is 0 Å². The summed E-state index contributed by atoms with van der Waals surface area (Å²) >= 11 is 8.80. The second-order valence-electron chi connectivity index (χ2n) is 4.58. The SMILES string of the molecule is CCCc1[nH]c(-c2cc3ccccc3o2)nc(=S)c1Br. The Morgan fingerprint density at radius 1 is 1.35 bits per heavy atom. The topological polar surface area (TPSA) is 41.8 Å². The minimum absolute atomic E-state index is 0.558. The van der Waals surface area contributed by atoms with Crippen LogP contribution >= 0.6 is 28.1 Å². The first-order valence-corrected chi connectivity index (χ1v) is 7.67. The van der Waals surface area contributed by atoms with E-state index in [1.165, 1.54) is 0 Å². The normalized spacial score (nSPS) is 11.1. The van der Waals surface area contributed by atoms with Crippen LogP contribution in [0.4, 0.5) is 0 Å². The molecule has 0 bridgehead atoms. The van der Waals surface area contributed by atoms with Gasteiger partial charge in [0, 0.05) is 11.1 Å². The molecule has 0 fully saturated rings. The van der Waals surface area contributed by atoms with Gasteiger partial charge in [-0.05, 0) is 34.5 Å². The molecule has 0 unspecified atom stereocenters. The van der Waals surface area contributed by atoms with E-state index in [9.17, 15) is 0 Å². The molecule has 2 aromatic heterocycles. The lowest BCUT2D eigenvalue weighted by Crippen LogP contribution is -1.97. The van der Waals surface area contributed by atoms with Gasteiger partial charge in [-0.25, -0.2) is 4.98 Å². The number of benzene rings is 1. The molecule has 3 aromatic rings. The fourth-order valence-electron chi connectivity index (χ4n) is 2.14. The minimum Gasteiger partial charge on any atom is -0.453 e. The van der Waals surface area contributed by atoms with Crippen LogP contribution in [0.3, 0.4) is 0 Å². The molecule has 102 valence electrons. The van der Waals surface area contributed by atoms with Gasteiger partial charge in [-0.15, -0.1) is 0 Å². The highest BCUT2D eigenvalue weighted by Crippen LogP contribution is 2.27. The molecular formula is C15H13BrN2OS. The van der Waals surface area contributed by atoms with E-state index < -0.39 is 0 Å². The van der Waals surface area contributed by atoms with E-state index in [2.05, 4.69) is 32.8 Å². The van der Waals surface area contributed by atoms with E-state index in [0.29, 0.717) is 16.2 Å². The second kappa shape index (κ2) is 5.50. The standard InChI is InChI=1S/C15H13BrN2OS/c1-2-5-10-13(16)15(20)18-14(17-10)12-8-9-6-3-4-7-11(9)19-12/h3-4,6-8H,2,5H2,1H3,(H,17,18,20). The number of hydrogen-bond donors (Lipinski definition) is 1. The number of hydrogen-bond acceptors (Lipinski definition) is 3. The molecule has 0 aliphatic rings. The first kappa shape index (κ1) is 13.5. The maximum absolute atomic E-state index is 5.83. The predicted molar refractivity (Wildman–Crippen MR) is 86.3 cm³/mol. The number of nitrogens with one attached hydrogen (secondary N) is 1. The molecule has 3 nitrogen and oxygen atoms in total. The highest BCUT2D eigenvalue weighted by Gasteiger charge is 2.11. The van der Waals surface area contributed by atoms with E-state index in [-0.39, 0.29) is 0 Å². The Morgan fingerprint density at radius 3 is 2.90 bits per heavy atom. The number of nitrogens with zero attached hydrogens (tertiary/aromatic N) is 1. The summed E-state index contributed by atoms with van der Waals surface area (Å²) in [4.78, 5) is 7.71. The van der Waals surface area contributed by atoms with E-state index in [4.69, 9.17) is 16.6 Å². The Kier molecular flexibility index (Phi) is 3.72. The zero-order valence-corrected chi connectivity index (χ0v) is 13.3. The van der Waals surface area contributed by atoms with Crippen molar-refractivity contribution in [3.8, 4) is 11.6 Å². The van der Waals surface area contributed by atoms with Crippen LogP contribution in [0.2, 0.25) is 0 Å². The first-order valence-electron chi connectivity index (χ1n) is 6.46. The van der Waals surface area contributed by atoms with Crippen molar-refractivity contribution in [2.45, 2.75) is 19.8 Å². The molecular weight excluding hydrogens is 336 g/mol. The molecule has 0 amide bonds. The summed E-state index contributed by atoms with van der Waals surface area (Å²) in [7, 11) is 0. The van der Waals surface area contributed by atoms with Gasteiger partial charge in [0.05, 0.1) is 4.47 Å². The van der Waals surface area contributed by atoms with Gasteiger partial charge < -0.3 is 9.40 Å². The summed E-state index contributed by atoms with van der Waals surface area (Å²) in [6.07, 6.45) is 1.95.